The summed E-state index contributed by atoms with van der Waals surface area (Å²) in [5, 5.41) is 3.88. The Morgan fingerprint density at radius 1 is 1.23 bits per heavy atom. The van der Waals surface area contributed by atoms with E-state index in [2.05, 4.69) is 21.2 Å². The van der Waals surface area contributed by atoms with Crippen LogP contribution in [0.2, 0.25) is 0 Å². The van der Waals surface area contributed by atoms with Gasteiger partial charge < -0.3 is 14.6 Å². The summed E-state index contributed by atoms with van der Waals surface area (Å²) in [6, 6.07) is 16.0. The molecule has 0 unspecified atom stereocenters. The molecule has 0 aliphatic carbocycles. The maximum absolute atomic E-state index is 13.2. The third-order valence-corrected chi connectivity index (χ3v) is 7.53. The number of carbonyl (C=O) groups is 2. The number of fused-ring (bicyclic) bond motifs is 1. The molecule has 1 aliphatic heterocycles. The first-order valence-electron chi connectivity index (χ1n) is 11.3. The fraction of sp³-hybridized carbons (Fsp3) is 0.269. The molecule has 1 aromatic heterocycles. The number of hydrogen-bond donors (Lipinski definition) is 1. The Bertz CT molecular complexity index is 1270. The number of rotatable bonds is 10. The summed E-state index contributed by atoms with van der Waals surface area (Å²) in [5.74, 6) is -0.151. The molecule has 1 N–H and O–H groups in total. The largest absolute Gasteiger partial charge is 0.385 e. The lowest BCUT2D eigenvalue weighted by atomic mass is 10.1. The Balaban J connectivity index is 1.53. The molecule has 2 amide bonds. The summed E-state index contributed by atoms with van der Waals surface area (Å²) < 4.78 is 8.44. The van der Waals surface area contributed by atoms with Gasteiger partial charge >= 0.3 is 0 Å². The number of nitrogens with one attached hydrogen (secondary N) is 1. The Morgan fingerprint density at radius 3 is 2.80 bits per heavy atom. The Kier molecular flexibility index (Phi) is 8.78. The van der Waals surface area contributed by atoms with E-state index in [1.165, 1.54) is 17.3 Å². The normalized spacial score (nSPS) is 14.9. The van der Waals surface area contributed by atoms with Crippen LogP contribution in [-0.2, 0) is 27.3 Å². The van der Waals surface area contributed by atoms with Crippen molar-refractivity contribution >= 4 is 73.0 Å². The minimum atomic E-state index is -0.0808. The number of methoxy groups -OCH3 is 1. The standard InChI is InChI=1S/C26H26BrN3O3S2/c1-33-13-5-11-28-24(31)17-29-16-19(21-15-20(27)8-9-22(21)29)14-23-25(32)30(26(34)35-23)12-10-18-6-3-2-4-7-18/h2-4,6-9,14-16H,5,10-13,17H2,1H3,(H,28,31)/b23-14-. The van der Waals surface area contributed by atoms with Crippen molar-refractivity contribution in [2.45, 2.75) is 19.4 Å². The number of ether oxygens (including phenoxy) is 1. The molecule has 1 fully saturated rings. The highest BCUT2D eigenvalue weighted by Crippen LogP contribution is 2.35. The molecule has 3 aromatic rings. The lowest BCUT2D eigenvalue weighted by molar-refractivity contribution is -0.122. The number of benzene rings is 2. The number of carbonyl (C=O) groups excluding carboxylic acids is 2. The van der Waals surface area contributed by atoms with Crippen LogP contribution in [0.25, 0.3) is 17.0 Å². The van der Waals surface area contributed by atoms with Crippen molar-refractivity contribution < 1.29 is 14.3 Å². The molecule has 35 heavy (non-hydrogen) atoms. The van der Waals surface area contributed by atoms with Crippen molar-refractivity contribution in [3.05, 3.63) is 75.2 Å². The molecule has 0 atom stereocenters. The van der Waals surface area contributed by atoms with Crippen LogP contribution >= 0.6 is 39.9 Å². The SMILES string of the molecule is COCCCNC(=O)Cn1cc(/C=C2\SC(=S)N(CCc3ccccc3)C2=O)c2cc(Br)ccc21. The van der Waals surface area contributed by atoms with Crippen molar-refractivity contribution in [3.8, 4) is 0 Å². The second-order valence-corrected chi connectivity index (χ2v) is 10.7. The zero-order valence-corrected chi connectivity index (χ0v) is 22.5. The highest BCUT2D eigenvalue weighted by Gasteiger charge is 2.32. The van der Waals surface area contributed by atoms with Gasteiger partial charge in [0.15, 0.2) is 0 Å². The topological polar surface area (TPSA) is 63.6 Å². The molecule has 0 radical (unpaired) electrons. The van der Waals surface area contributed by atoms with Gasteiger partial charge in [0.1, 0.15) is 10.9 Å². The average molecular weight is 573 g/mol. The van der Waals surface area contributed by atoms with Crippen LogP contribution in [0.1, 0.15) is 17.5 Å². The predicted octanol–water partition coefficient (Wildman–Crippen LogP) is 5.00. The van der Waals surface area contributed by atoms with Crippen molar-refractivity contribution in [1.29, 1.82) is 0 Å². The zero-order valence-electron chi connectivity index (χ0n) is 19.3. The molecular weight excluding hydrogens is 546 g/mol. The van der Waals surface area contributed by atoms with Crippen LogP contribution in [0.4, 0.5) is 0 Å². The number of aromatic nitrogens is 1. The molecule has 1 aliphatic rings. The van der Waals surface area contributed by atoms with Gasteiger partial charge in [-0.25, -0.2) is 0 Å². The van der Waals surface area contributed by atoms with Gasteiger partial charge in [0.2, 0.25) is 5.91 Å². The zero-order chi connectivity index (χ0) is 24.8. The smallest absolute Gasteiger partial charge is 0.266 e. The summed E-state index contributed by atoms with van der Waals surface area (Å²) >= 11 is 10.4. The lowest BCUT2D eigenvalue weighted by Gasteiger charge is -2.14. The number of nitrogens with zero attached hydrogens (tertiary/aromatic N) is 2. The van der Waals surface area contributed by atoms with Crippen LogP contribution in [0.15, 0.2) is 64.1 Å². The van der Waals surface area contributed by atoms with E-state index in [4.69, 9.17) is 17.0 Å². The predicted molar refractivity (Wildman–Crippen MR) is 149 cm³/mol. The summed E-state index contributed by atoms with van der Waals surface area (Å²) in [4.78, 5) is 27.9. The molecule has 2 aromatic carbocycles. The van der Waals surface area contributed by atoms with Crippen molar-refractivity contribution in [1.82, 2.24) is 14.8 Å². The third-order valence-electron chi connectivity index (χ3n) is 5.66. The van der Waals surface area contributed by atoms with Gasteiger partial charge in [0.25, 0.3) is 5.91 Å². The van der Waals surface area contributed by atoms with Gasteiger partial charge in [0, 0.05) is 53.9 Å². The summed E-state index contributed by atoms with van der Waals surface area (Å²) in [7, 11) is 1.64. The van der Waals surface area contributed by atoms with Crippen molar-refractivity contribution in [2.75, 3.05) is 26.8 Å². The van der Waals surface area contributed by atoms with E-state index in [1.54, 1.807) is 12.0 Å². The van der Waals surface area contributed by atoms with E-state index >= 15 is 0 Å². The second-order valence-electron chi connectivity index (χ2n) is 8.14. The fourth-order valence-corrected chi connectivity index (χ4v) is 5.58. The van der Waals surface area contributed by atoms with Gasteiger partial charge in [0.05, 0.1) is 4.91 Å². The summed E-state index contributed by atoms with van der Waals surface area (Å²) in [6.45, 7) is 1.91. The van der Waals surface area contributed by atoms with Gasteiger partial charge in [-0.05, 0) is 42.7 Å². The van der Waals surface area contributed by atoms with Crippen LogP contribution in [0, 0.1) is 0 Å². The molecule has 4 rings (SSSR count). The van der Waals surface area contributed by atoms with Gasteiger partial charge in [-0.1, -0.05) is 70.2 Å². The number of amides is 2. The number of thiocarbonyl (C=S) groups is 1. The van der Waals surface area contributed by atoms with E-state index in [-0.39, 0.29) is 18.4 Å². The van der Waals surface area contributed by atoms with E-state index in [1.807, 2.05) is 65.4 Å². The molecule has 9 heteroatoms. The first kappa shape index (κ1) is 25.6. The molecule has 6 nitrogen and oxygen atoms in total. The highest BCUT2D eigenvalue weighted by atomic mass is 79.9. The molecule has 182 valence electrons. The van der Waals surface area contributed by atoms with Crippen LogP contribution in [0.5, 0.6) is 0 Å². The van der Waals surface area contributed by atoms with Crippen LogP contribution < -0.4 is 5.32 Å². The quantitative estimate of drug-likeness (QED) is 0.211. The molecular formula is C26H26BrN3O3S2. The summed E-state index contributed by atoms with van der Waals surface area (Å²) in [5.41, 5.74) is 2.96. The Labute approximate surface area is 222 Å². The van der Waals surface area contributed by atoms with Crippen LogP contribution in [-0.4, -0.2) is 52.4 Å². The van der Waals surface area contributed by atoms with E-state index in [0.717, 1.165) is 33.8 Å². The number of thioether (sulfide) groups is 1. The average Bonchev–Trinajstić information content (AvgIpc) is 3.31. The molecule has 0 spiro atoms. The van der Waals surface area contributed by atoms with Gasteiger partial charge in [-0.15, -0.1) is 0 Å². The maximum Gasteiger partial charge on any atom is 0.266 e. The second kappa shape index (κ2) is 12.0. The lowest BCUT2D eigenvalue weighted by Crippen LogP contribution is -2.30. The van der Waals surface area contributed by atoms with Gasteiger partial charge in [-0.2, -0.15) is 0 Å². The van der Waals surface area contributed by atoms with Crippen molar-refractivity contribution in [3.63, 3.8) is 0 Å². The molecule has 2 heterocycles. The third kappa shape index (κ3) is 6.41. The van der Waals surface area contributed by atoms with Gasteiger partial charge in [-0.3, -0.25) is 14.5 Å². The van der Waals surface area contributed by atoms with E-state index in [9.17, 15) is 9.59 Å². The molecule has 1 saturated heterocycles. The first-order chi connectivity index (χ1) is 17.0. The first-order valence-corrected chi connectivity index (χ1v) is 13.3. The Morgan fingerprint density at radius 2 is 2.03 bits per heavy atom. The fourth-order valence-electron chi connectivity index (χ4n) is 3.92. The molecule has 0 bridgehead atoms. The Hall–Kier alpha value is -2.46. The highest BCUT2D eigenvalue weighted by molar-refractivity contribution is 9.10. The van der Waals surface area contributed by atoms with E-state index in [0.29, 0.717) is 28.9 Å². The monoisotopic (exact) mass is 571 g/mol. The minimum Gasteiger partial charge on any atom is -0.385 e. The van der Waals surface area contributed by atoms with E-state index < -0.39 is 0 Å². The minimum absolute atomic E-state index is 0.0697. The molecule has 0 saturated carbocycles. The van der Waals surface area contributed by atoms with Crippen LogP contribution in [0.3, 0.4) is 0 Å². The number of halogens is 1. The number of hydrogen-bond acceptors (Lipinski definition) is 5. The summed E-state index contributed by atoms with van der Waals surface area (Å²) in [6.07, 6.45) is 5.30. The maximum atomic E-state index is 13.2. The van der Waals surface area contributed by atoms with Crippen molar-refractivity contribution in [2.24, 2.45) is 0 Å².